The zero-order valence-corrected chi connectivity index (χ0v) is 20.5. The van der Waals surface area contributed by atoms with Gasteiger partial charge in [0.2, 0.25) is 0 Å². The molecule has 4 aromatic carbocycles. The lowest BCUT2D eigenvalue weighted by atomic mass is 9.34. The standard InChI is InChI=1S/C31H30BNO/c1-5-21-8-12-24(13-9-21)33-27-14-10-22(6-2)18-25(27)32-26-19-23(7-3)11-15-29(26)34-30-17-20(4)16-28(33)31(30)32/h8-19H,5-7H2,1-4H3. The second-order valence-corrected chi connectivity index (χ2v) is 9.56. The van der Waals surface area contributed by atoms with Crippen LogP contribution in [0, 0.1) is 6.92 Å². The third-order valence-corrected chi connectivity index (χ3v) is 7.46. The van der Waals surface area contributed by atoms with Crippen LogP contribution in [-0.4, -0.2) is 6.71 Å². The van der Waals surface area contributed by atoms with Crippen molar-refractivity contribution in [1.29, 1.82) is 0 Å². The number of ether oxygens (including phenoxy) is 1. The predicted octanol–water partition coefficient (Wildman–Crippen LogP) is 6.09. The van der Waals surface area contributed by atoms with Crippen molar-refractivity contribution >= 4 is 40.2 Å². The van der Waals surface area contributed by atoms with Crippen molar-refractivity contribution < 1.29 is 4.74 Å². The number of nitrogens with zero attached hydrogens (tertiary/aromatic N) is 1. The Morgan fingerprint density at radius 1 is 0.647 bits per heavy atom. The first-order chi connectivity index (χ1) is 16.6. The van der Waals surface area contributed by atoms with Gasteiger partial charge in [0.05, 0.1) is 0 Å². The fourth-order valence-corrected chi connectivity index (χ4v) is 5.59. The summed E-state index contributed by atoms with van der Waals surface area (Å²) in [4.78, 5) is 2.44. The number of fused-ring (bicyclic) bond motifs is 4. The minimum absolute atomic E-state index is 0.175. The molecule has 0 radical (unpaired) electrons. The number of rotatable bonds is 4. The summed E-state index contributed by atoms with van der Waals surface area (Å²) in [6.45, 7) is 9.01. The third kappa shape index (κ3) is 3.18. The molecule has 34 heavy (non-hydrogen) atoms. The van der Waals surface area contributed by atoms with Crippen LogP contribution < -0.4 is 26.0 Å². The maximum atomic E-state index is 6.57. The molecule has 0 aliphatic carbocycles. The lowest BCUT2D eigenvalue weighted by molar-refractivity contribution is 0.487. The van der Waals surface area contributed by atoms with Gasteiger partial charge in [-0.05, 0) is 101 Å². The van der Waals surface area contributed by atoms with Gasteiger partial charge in [-0.25, -0.2) is 0 Å². The molecule has 2 aliphatic heterocycles. The summed E-state index contributed by atoms with van der Waals surface area (Å²) in [5.41, 5.74) is 12.9. The average Bonchev–Trinajstić information content (AvgIpc) is 2.87. The maximum Gasteiger partial charge on any atom is 0.256 e. The summed E-state index contributed by atoms with van der Waals surface area (Å²) in [5.74, 6) is 1.97. The van der Waals surface area contributed by atoms with E-state index < -0.39 is 0 Å². The summed E-state index contributed by atoms with van der Waals surface area (Å²) >= 11 is 0. The molecule has 0 saturated heterocycles. The van der Waals surface area contributed by atoms with Crippen LogP contribution >= 0.6 is 0 Å². The van der Waals surface area contributed by atoms with Crippen molar-refractivity contribution in [3.8, 4) is 11.5 Å². The minimum atomic E-state index is 0.175. The van der Waals surface area contributed by atoms with Crippen LogP contribution in [0.25, 0.3) is 0 Å². The van der Waals surface area contributed by atoms with E-state index in [1.807, 2.05) is 0 Å². The fourth-order valence-electron chi connectivity index (χ4n) is 5.59. The molecule has 2 nitrogen and oxygen atoms in total. The summed E-state index contributed by atoms with van der Waals surface area (Å²) in [6.07, 6.45) is 3.09. The van der Waals surface area contributed by atoms with Crippen molar-refractivity contribution in [2.24, 2.45) is 0 Å². The molecule has 0 fully saturated rings. The number of hydrogen-bond donors (Lipinski definition) is 0. The SMILES string of the molecule is CCc1ccc(N2c3ccc(CC)cc3B3c4cc(CC)ccc4Oc4cc(C)cc2c43)cc1. The second kappa shape index (κ2) is 8.09. The first-order valence-corrected chi connectivity index (χ1v) is 12.6. The van der Waals surface area contributed by atoms with Crippen molar-refractivity contribution in [1.82, 2.24) is 0 Å². The highest BCUT2D eigenvalue weighted by molar-refractivity contribution is 6.99. The largest absolute Gasteiger partial charge is 0.458 e. The molecule has 0 bridgehead atoms. The fraction of sp³-hybridized carbons (Fsp3) is 0.226. The highest BCUT2D eigenvalue weighted by atomic mass is 16.5. The van der Waals surface area contributed by atoms with E-state index in [0.717, 1.165) is 30.8 Å². The number of anilines is 3. The van der Waals surface area contributed by atoms with E-state index in [9.17, 15) is 0 Å². The Labute approximate surface area is 203 Å². The molecule has 6 rings (SSSR count). The highest BCUT2D eigenvalue weighted by Crippen LogP contribution is 2.41. The molecule has 0 atom stereocenters. The van der Waals surface area contributed by atoms with E-state index in [1.165, 1.54) is 55.7 Å². The van der Waals surface area contributed by atoms with Crippen LogP contribution in [0.5, 0.6) is 11.5 Å². The van der Waals surface area contributed by atoms with Crippen molar-refractivity contribution in [3.63, 3.8) is 0 Å². The Balaban J connectivity index is 1.66. The smallest absolute Gasteiger partial charge is 0.256 e. The lowest BCUT2D eigenvalue weighted by Gasteiger charge is -2.40. The molecule has 0 spiro atoms. The van der Waals surface area contributed by atoms with E-state index >= 15 is 0 Å². The zero-order valence-electron chi connectivity index (χ0n) is 20.5. The van der Waals surface area contributed by atoms with Gasteiger partial charge in [0.15, 0.2) is 0 Å². The molecule has 0 N–H and O–H groups in total. The Morgan fingerprint density at radius 2 is 1.29 bits per heavy atom. The monoisotopic (exact) mass is 443 g/mol. The molecular formula is C31H30BNO. The van der Waals surface area contributed by atoms with Gasteiger partial charge < -0.3 is 9.64 Å². The molecule has 4 aromatic rings. The molecular weight excluding hydrogens is 413 g/mol. The van der Waals surface area contributed by atoms with Gasteiger partial charge in [0, 0.05) is 17.1 Å². The van der Waals surface area contributed by atoms with Crippen LogP contribution in [-0.2, 0) is 19.3 Å². The normalized spacial score (nSPS) is 13.2. The first kappa shape index (κ1) is 21.1. The number of benzene rings is 4. The van der Waals surface area contributed by atoms with Gasteiger partial charge in [-0.2, -0.15) is 0 Å². The molecule has 0 aromatic heterocycles. The van der Waals surface area contributed by atoms with Gasteiger partial charge in [-0.15, -0.1) is 0 Å². The van der Waals surface area contributed by atoms with Gasteiger partial charge >= 0.3 is 0 Å². The van der Waals surface area contributed by atoms with Gasteiger partial charge in [0.1, 0.15) is 11.5 Å². The predicted molar refractivity (Wildman–Crippen MR) is 145 cm³/mol. The first-order valence-electron chi connectivity index (χ1n) is 12.6. The summed E-state index contributed by atoms with van der Waals surface area (Å²) in [7, 11) is 0. The third-order valence-electron chi connectivity index (χ3n) is 7.46. The maximum absolute atomic E-state index is 6.57. The second-order valence-electron chi connectivity index (χ2n) is 9.56. The summed E-state index contributed by atoms with van der Waals surface area (Å²) in [5, 5.41) is 0. The Morgan fingerprint density at radius 3 is 2.00 bits per heavy atom. The molecule has 2 aliphatic rings. The Kier molecular flexibility index (Phi) is 5.02. The Hall–Kier alpha value is -3.46. The van der Waals surface area contributed by atoms with Crippen LogP contribution in [0.2, 0.25) is 0 Å². The molecule has 3 heteroatoms. The van der Waals surface area contributed by atoms with Crippen LogP contribution in [0.15, 0.2) is 72.8 Å². The molecule has 0 unspecified atom stereocenters. The van der Waals surface area contributed by atoms with E-state index in [-0.39, 0.29) is 6.71 Å². The molecule has 168 valence electrons. The van der Waals surface area contributed by atoms with E-state index in [2.05, 4.69) is 105 Å². The number of aryl methyl sites for hydroxylation is 4. The van der Waals surface area contributed by atoms with Crippen LogP contribution in [0.3, 0.4) is 0 Å². The molecule has 0 saturated carbocycles. The van der Waals surface area contributed by atoms with E-state index in [4.69, 9.17) is 4.74 Å². The average molecular weight is 443 g/mol. The van der Waals surface area contributed by atoms with Crippen LogP contribution in [0.4, 0.5) is 17.1 Å². The molecule has 0 amide bonds. The summed E-state index contributed by atoms with van der Waals surface area (Å²) in [6, 6.07) is 27.3. The molecule has 2 heterocycles. The van der Waals surface area contributed by atoms with Crippen molar-refractivity contribution in [2.45, 2.75) is 47.0 Å². The van der Waals surface area contributed by atoms with Crippen molar-refractivity contribution in [3.05, 3.63) is 95.1 Å². The van der Waals surface area contributed by atoms with Crippen LogP contribution in [0.1, 0.15) is 43.0 Å². The quantitative estimate of drug-likeness (QED) is 0.306. The highest BCUT2D eigenvalue weighted by Gasteiger charge is 2.42. The van der Waals surface area contributed by atoms with Gasteiger partial charge in [0.25, 0.3) is 6.71 Å². The number of hydrogen-bond acceptors (Lipinski definition) is 2. The lowest BCUT2D eigenvalue weighted by Crippen LogP contribution is -2.59. The van der Waals surface area contributed by atoms with E-state index in [0.29, 0.717) is 0 Å². The topological polar surface area (TPSA) is 12.5 Å². The van der Waals surface area contributed by atoms with E-state index in [1.54, 1.807) is 0 Å². The zero-order chi connectivity index (χ0) is 23.4. The summed E-state index contributed by atoms with van der Waals surface area (Å²) < 4.78 is 6.57. The van der Waals surface area contributed by atoms with Crippen molar-refractivity contribution in [2.75, 3.05) is 4.90 Å². The Bertz CT molecular complexity index is 1410. The van der Waals surface area contributed by atoms with Gasteiger partial charge in [-0.1, -0.05) is 57.2 Å². The minimum Gasteiger partial charge on any atom is -0.458 e. The van der Waals surface area contributed by atoms with Gasteiger partial charge in [-0.3, -0.25) is 0 Å².